The fraction of sp³-hybridized carbons (Fsp3) is 0.0909. The van der Waals surface area contributed by atoms with Gasteiger partial charge >= 0.3 is 0 Å². The molecular weight excluding hydrogens is 473 g/mol. The summed E-state index contributed by atoms with van der Waals surface area (Å²) in [5.41, 5.74) is 3.43. The third-order valence-electron chi connectivity index (χ3n) is 4.17. The normalized spacial score (nSPS) is 11.3. The molecule has 3 aromatic rings. The first-order valence-electron chi connectivity index (χ1n) is 9.43. The molecule has 3 aromatic carbocycles. The van der Waals surface area contributed by atoms with Gasteiger partial charge in [-0.2, -0.15) is 5.10 Å². The number of para-hydroxylation sites is 1. The number of carbonyl (C=O) groups excluding carboxylic acids is 1. The monoisotopic (exact) mass is 491 g/mol. The minimum Gasteiger partial charge on any atom is -0.493 e. The molecule has 0 spiro atoms. The lowest BCUT2D eigenvalue weighted by molar-refractivity contribution is 0.0955. The van der Waals surface area contributed by atoms with E-state index < -0.39 is 15.9 Å². The molecule has 0 bridgehead atoms. The summed E-state index contributed by atoms with van der Waals surface area (Å²) in [5.74, 6) is 0.0240. The molecule has 0 aliphatic carbocycles. The number of ether oxygens (including phenoxy) is 1. The van der Waals surface area contributed by atoms with Gasteiger partial charge in [-0.1, -0.05) is 35.3 Å². The van der Waals surface area contributed by atoms with Crippen LogP contribution in [0.1, 0.15) is 22.8 Å². The molecule has 3 rings (SSSR count). The van der Waals surface area contributed by atoms with Gasteiger partial charge in [-0.3, -0.25) is 9.52 Å². The van der Waals surface area contributed by atoms with E-state index in [0.717, 1.165) is 0 Å². The van der Waals surface area contributed by atoms with Crippen molar-refractivity contribution >= 4 is 51.0 Å². The highest BCUT2D eigenvalue weighted by Crippen LogP contribution is 2.25. The van der Waals surface area contributed by atoms with E-state index in [1.165, 1.54) is 36.5 Å². The highest BCUT2D eigenvalue weighted by Gasteiger charge is 2.20. The molecule has 10 heteroatoms. The van der Waals surface area contributed by atoms with E-state index in [-0.39, 0.29) is 15.5 Å². The Morgan fingerprint density at radius 1 is 1.06 bits per heavy atom. The van der Waals surface area contributed by atoms with Crippen LogP contribution in [-0.2, 0) is 10.0 Å². The quantitative estimate of drug-likeness (QED) is 0.343. The SMILES string of the molecule is CCOc1ccccc1/C=N/NC(=O)c1ccc(Cl)c(S(=O)(=O)Nc2ccc(Cl)cc2)c1. The predicted molar refractivity (Wildman–Crippen MR) is 126 cm³/mol. The lowest BCUT2D eigenvalue weighted by Gasteiger charge is -2.11. The first-order chi connectivity index (χ1) is 15.3. The van der Waals surface area contributed by atoms with Crippen LogP contribution in [0.25, 0.3) is 0 Å². The van der Waals surface area contributed by atoms with Crippen molar-refractivity contribution in [2.45, 2.75) is 11.8 Å². The summed E-state index contributed by atoms with van der Waals surface area (Å²) in [7, 11) is -4.05. The Labute approximate surface area is 196 Å². The van der Waals surface area contributed by atoms with Gasteiger partial charge in [0, 0.05) is 21.8 Å². The molecule has 1 amide bonds. The number of carbonyl (C=O) groups is 1. The Kier molecular flexibility index (Phi) is 7.74. The maximum Gasteiger partial charge on any atom is 0.271 e. The smallest absolute Gasteiger partial charge is 0.271 e. The largest absolute Gasteiger partial charge is 0.493 e. The highest BCUT2D eigenvalue weighted by molar-refractivity contribution is 7.92. The van der Waals surface area contributed by atoms with Crippen LogP contribution < -0.4 is 14.9 Å². The maximum atomic E-state index is 12.8. The van der Waals surface area contributed by atoms with Crippen LogP contribution in [0, 0.1) is 0 Å². The second-order valence-electron chi connectivity index (χ2n) is 6.43. The van der Waals surface area contributed by atoms with Gasteiger partial charge in [-0.25, -0.2) is 13.8 Å². The van der Waals surface area contributed by atoms with Crippen molar-refractivity contribution in [3.8, 4) is 5.75 Å². The molecule has 0 saturated heterocycles. The number of hydrazone groups is 1. The van der Waals surface area contributed by atoms with Crippen LogP contribution in [0.3, 0.4) is 0 Å². The number of benzene rings is 3. The molecule has 0 aliphatic rings. The fourth-order valence-corrected chi connectivity index (χ4v) is 4.39. The van der Waals surface area contributed by atoms with Gasteiger partial charge in [0.05, 0.1) is 17.8 Å². The van der Waals surface area contributed by atoms with Crippen molar-refractivity contribution in [1.29, 1.82) is 0 Å². The Bertz CT molecular complexity index is 1250. The van der Waals surface area contributed by atoms with Crippen LogP contribution in [0.2, 0.25) is 10.0 Å². The van der Waals surface area contributed by atoms with Crippen molar-refractivity contribution in [2.75, 3.05) is 11.3 Å². The Morgan fingerprint density at radius 2 is 1.78 bits per heavy atom. The van der Waals surface area contributed by atoms with E-state index in [4.69, 9.17) is 27.9 Å². The minimum absolute atomic E-state index is 0.0304. The van der Waals surface area contributed by atoms with Crippen LogP contribution in [0.4, 0.5) is 5.69 Å². The van der Waals surface area contributed by atoms with Crippen molar-refractivity contribution < 1.29 is 17.9 Å². The molecule has 7 nitrogen and oxygen atoms in total. The highest BCUT2D eigenvalue weighted by atomic mass is 35.5. The van der Waals surface area contributed by atoms with E-state index in [1.54, 1.807) is 24.3 Å². The zero-order chi connectivity index (χ0) is 23.1. The van der Waals surface area contributed by atoms with Gasteiger partial charge in [0.25, 0.3) is 15.9 Å². The summed E-state index contributed by atoms with van der Waals surface area (Å²) in [5, 5.41) is 4.37. The summed E-state index contributed by atoms with van der Waals surface area (Å²) in [6.07, 6.45) is 1.44. The number of nitrogens with zero attached hydrogens (tertiary/aromatic N) is 1. The van der Waals surface area contributed by atoms with E-state index >= 15 is 0 Å². The topological polar surface area (TPSA) is 96.9 Å². The number of rotatable bonds is 8. The molecule has 0 radical (unpaired) electrons. The van der Waals surface area contributed by atoms with Gasteiger partial charge in [-0.05, 0) is 61.5 Å². The van der Waals surface area contributed by atoms with Crippen LogP contribution in [0.5, 0.6) is 5.75 Å². The Balaban J connectivity index is 1.77. The van der Waals surface area contributed by atoms with Crippen LogP contribution in [0.15, 0.2) is 76.7 Å². The van der Waals surface area contributed by atoms with E-state index in [2.05, 4.69) is 15.2 Å². The molecule has 0 aliphatic heterocycles. The molecule has 0 aromatic heterocycles. The van der Waals surface area contributed by atoms with Gasteiger partial charge in [0.1, 0.15) is 10.6 Å². The molecule has 32 heavy (non-hydrogen) atoms. The van der Waals surface area contributed by atoms with E-state index in [9.17, 15) is 13.2 Å². The van der Waals surface area contributed by atoms with Crippen LogP contribution >= 0.6 is 23.2 Å². The van der Waals surface area contributed by atoms with Gasteiger partial charge < -0.3 is 4.74 Å². The van der Waals surface area contributed by atoms with Crippen molar-refractivity contribution in [3.63, 3.8) is 0 Å². The van der Waals surface area contributed by atoms with Gasteiger partial charge in [0.2, 0.25) is 0 Å². The first kappa shape index (κ1) is 23.6. The lowest BCUT2D eigenvalue weighted by atomic mass is 10.2. The number of hydrogen-bond donors (Lipinski definition) is 2. The molecular formula is C22H19Cl2N3O4S. The number of halogens is 2. The summed E-state index contributed by atoms with van der Waals surface area (Å²) in [6.45, 7) is 2.35. The molecule has 0 atom stereocenters. The molecule has 166 valence electrons. The molecule has 0 fully saturated rings. The fourth-order valence-electron chi connectivity index (χ4n) is 2.68. The van der Waals surface area contributed by atoms with Gasteiger partial charge in [0.15, 0.2) is 0 Å². The summed E-state index contributed by atoms with van der Waals surface area (Å²) >= 11 is 11.9. The minimum atomic E-state index is -4.05. The Hall–Kier alpha value is -3.07. The molecule has 0 unspecified atom stereocenters. The third kappa shape index (κ3) is 6.00. The van der Waals surface area contributed by atoms with Crippen molar-refractivity contribution in [3.05, 3.63) is 87.9 Å². The zero-order valence-electron chi connectivity index (χ0n) is 16.9. The number of hydrogen-bond acceptors (Lipinski definition) is 5. The molecule has 2 N–H and O–H groups in total. The van der Waals surface area contributed by atoms with Crippen molar-refractivity contribution in [1.82, 2.24) is 5.43 Å². The lowest BCUT2D eigenvalue weighted by Crippen LogP contribution is -2.19. The average molecular weight is 492 g/mol. The predicted octanol–water partition coefficient (Wildman–Crippen LogP) is 4.96. The molecule has 0 saturated carbocycles. The number of anilines is 1. The maximum absolute atomic E-state index is 12.8. The number of sulfonamides is 1. The number of amides is 1. The zero-order valence-corrected chi connectivity index (χ0v) is 19.2. The second-order valence-corrected chi connectivity index (χ2v) is 8.92. The third-order valence-corrected chi connectivity index (χ3v) is 6.28. The van der Waals surface area contributed by atoms with Gasteiger partial charge in [-0.15, -0.1) is 0 Å². The van der Waals surface area contributed by atoms with Crippen molar-refractivity contribution in [2.24, 2.45) is 5.10 Å². The second kappa shape index (κ2) is 10.5. The Morgan fingerprint density at radius 3 is 2.50 bits per heavy atom. The summed E-state index contributed by atoms with van der Waals surface area (Å²) in [4.78, 5) is 12.3. The van der Waals surface area contributed by atoms with Crippen LogP contribution in [-0.4, -0.2) is 27.1 Å². The molecule has 0 heterocycles. The average Bonchev–Trinajstić information content (AvgIpc) is 2.76. The number of nitrogens with one attached hydrogen (secondary N) is 2. The van der Waals surface area contributed by atoms with E-state index in [1.807, 2.05) is 19.1 Å². The first-order valence-corrected chi connectivity index (χ1v) is 11.7. The summed E-state index contributed by atoms with van der Waals surface area (Å²) in [6, 6.07) is 17.3. The summed E-state index contributed by atoms with van der Waals surface area (Å²) < 4.78 is 33.5. The van der Waals surface area contributed by atoms with E-state index in [0.29, 0.717) is 28.6 Å². The standard InChI is InChI=1S/C22H19Cl2N3O4S/c1-2-31-20-6-4-3-5-16(20)14-25-26-22(28)15-7-12-19(24)21(13-15)32(29,30)27-18-10-8-17(23)9-11-18/h3-14,27H,2H2,1H3,(H,26,28)/b25-14+.